The molecule has 3 N–H and O–H groups in total. The van der Waals surface area contributed by atoms with E-state index < -0.39 is 11.6 Å². The van der Waals surface area contributed by atoms with Gasteiger partial charge in [-0.25, -0.2) is 10.4 Å². The zero-order chi connectivity index (χ0) is 22.2. The van der Waals surface area contributed by atoms with E-state index >= 15 is 0 Å². The molecule has 0 unspecified atom stereocenters. The molecule has 0 saturated heterocycles. The number of hydrogen-bond donors (Lipinski definition) is 3. The van der Waals surface area contributed by atoms with Crippen molar-refractivity contribution in [3.63, 3.8) is 0 Å². The molecule has 30 heavy (non-hydrogen) atoms. The zero-order valence-corrected chi connectivity index (χ0v) is 18.5. The molecule has 2 atom stereocenters. The maximum Gasteiger partial charge on any atom is 0.266 e. The number of nitrogens with one attached hydrogen (secondary N) is 2. The topological polar surface area (TPSA) is 92.2 Å². The summed E-state index contributed by atoms with van der Waals surface area (Å²) in [5, 5.41) is 8.84. The van der Waals surface area contributed by atoms with Gasteiger partial charge in [-0.05, 0) is 43.0 Å². The average molecular weight is 418 g/mol. The normalized spacial score (nSPS) is 21.0. The molecule has 0 spiro atoms. The number of amides is 1. The Kier molecular flexibility index (Phi) is 8.43. The fraction of sp³-hybridized carbons (Fsp3) is 0.565. The van der Waals surface area contributed by atoms with Crippen molar-refractivity contribution in [1.29, 1.82) is 0 Å². The zero-order valence-electron chi connectivity index (χ0n) is 18.5. The Balaban J connectivity index is 2.10. The van der Waals surface area contributed by atoms with Gasteiger partial charge in [-0.3, -0.25) is 10.2 Å². The molecule has 0 radical (unpaired) electrons. The van der Waals surface area contributed by atoms with Gasteiger partial charge in [0.25, 0.3) is 5.91 Å². The summed E-state index contributed by atoms with van der Waals surface area (Å²) in [5.41, 5.74) is 5.70. The van der Waals surface area contributed by atoms with E-state index in [1.807, 2.05) is 31.2 Å². The maximum atomic E-state index is 13.0. The molecule has 166 valence electrons. The van der Waals surface area contributed by atoms with Gasteiger partial charge in [0.05, 0.1) is 6.61 Å². The predicted molar refractivity (Wildman–Crippen MR) is 118 cm³/mol. The van der Waals surface area contributed by atoms with Gasteiger partial charge in [0, 0.05) is 31.6 Å². The summed E-state index contributed by atoms with van der Waals surface area (Å²) >= 11 is 0. The van der Waals surface area contributed by atoms with Crippen LogP contribution in [0.15, 0.2) is 41.9 Å². The van der Waals surface area contributed by atoms with Gasteiger partial charge >= 0.3 is 0 Å². The van der Waals surface area contributed by atoms with Crippen LogP contribution in [0.25, 0.3) is 0 Å². The number of hydrogen-bond acceptors (Lipinski definition) is 6. The van der Waals surface area contributed by atoms with Crippen molar-refractivity contribution < 1.29 is 19.4 Å². The van der Waals surface area contributed by atoms with E-state index in [2.05, 4.69) is 38.2 Å². The van der Waals surface area contributed by atoms with Crippen molar-refractivity contribution in [3.05, 3.63) is 42.5 Å². The first-order valence-corrected chi connectivity index (χ1v) is 10.5. The number of aliphatic hydroxyl groups is 1. The van der Waals surface area contributed by atoms with Crippen LogP contribution in [-0.4, -0.2) is 48.3 Å². The van der Waals surface area contributed by atoms with Gasteiger partial charge in [0.15, 0.2) is 5.54 Å². The Bertz CT molecular complexity index is 740. The Morgan fingerprint density at radius 3 is 2.67 bits per heavy atom. The predicted octanol–water partition coefficient (Wildman–Crippen LogP) is 2.99. The minimum Gasteiger partial charge on any atom is -0.494 e. The summed E-state index contributed by atoms with van der Waals surface area (Å²) in [7, 11) is 0. The molecule has 1 amide bonds. The second kappa shape index (κ2) is 10.6. The van der Waals surface area contributed by atoms with Crippen LogP contribution < -0.4 is 15.6 Å². The van der Waals surface area contributed by atoms with Crippen molar-refractivity contribution in [2.24, 2.45) is 10.4 Å². The fourth-order valence-electron chi connectivity index (χ4n) is 3.09. The van der Waals surface area contributed by atoms with E-state index in [1.165, 1.54) is 0 Å². The van der Waals surface area contributed by atoms with Crippen LogP contribution in [0.5, 0.6) is 5.75 Å². The van der Waals surface area contributed by atoms with Crippen LogP contribution in [-0.2, 0) is 9.53 Å². The Morgan fingerprint density at radius 2 is 2.07 bits per heavy atom. The Morgan fingerprint density at radius 1 is 1.37 bits per heavy atom. The molecule has 0 aromatic heterocycles. The Hall–Kier alpha value is -2.38. The van der Waals surface area contributed by atoms with Gasteiger partial charge in [0.1, 0.15) is 11.9 Å². The molecular weight excluding hydrogens is 382 g/mol. The van der Waals surface area contributed by atoms with Crippen LogP contribution >= 0.6 is 0 Å². The standard InChI is InChI=1S/C23H35N3O4/c1-6-12-23(21(28)26-24-14-13-22(3,4)5)17(2)30-20(25-23)18-8-10-19(11-9-18)29-16-7-15-27/h6,8-11,17,24,27H,1,7,12-16H2,2-5H3,(H,26,28)/t17-,23-/m0/s1. The van der Waals surface area contributed by atoms with E-state index in [9.17, 15) is 4.79 Å². The highest BCUT2D eigenvalue weighted by molar-refractivity contribution is 6.00. The van der Waals surface area contributed by atoms with Crippen molar-refractivity contribution >= 4 is 11.8 Å². The number of benzene rings is 1. The van der Waals surface area contributed by atoms with Gasteiger partial charge in [-0.2, -0.15) is 0 Å². The van der Waals surface area contributed by atoms with Crippen LogP contribution in [0.4, 0.5) is 0 Å². The number of ether oxygens (including phenoxy) is 2. The van der Waals surface area contributed by atoms with Crippen LogP contribution in [0, 0.1) is 5.41 Å². The number of rotatable bonds is 11. The highest BCUT2D eigenvalue weighted by Gasteiger charge is 2.49. The van der Waals surface area contributed by atoms with Crippen LogP contribution in [0.2, 0.25) is 0 Å². The fourth-order valence-corrected chi connectivity index (χ4v) is 3.09. The molecular formula is C23H35N3O4. The average Bonchev–Trinajstić information content (AvgIpc) is 3.03. The van der Waals surface area contributed by atoms with Crippen molar-refractivity contribution in [3.8, 4) is 5.75 Å². The molecule has 0 aliphatic carbocycles. The van der Waals surface area contributed by atoms with Crippen LogP contribution in [0.1, 0.15) is 52.5 Å². The summed E-state index contributed by atoms with van der Waals surface area (Å²) in [6.45, 7) is 13.3. The van der Waals surface area contributed by atoms with Crippen molar-refractivity contribution in [2.45, 2.75) is 58.6 Å². The summed E-state index contributed by atoms with van der Waals surface area (Å²) in [5.74, 6) is 0.899. The first-order chi connectivity index (χ1) is 14.2. The lowest BCUT2D eigenvalue weighted by atomic mass is 9.89. The van der Waals surface area contributed by atoms with Gasteiger partial charge in [-0.1, -0.05) is 26.8 Å². The van der Waals surface area contributed by atoms with Crippen LogP contribution in [0.3, 0.4) is 0 Å². The third-order valence-corrected chi connectivity index (χ3v) is 4.99. The molecule has 0 fully saturated rings. The van der Waals surface area contributed by atoms with Gasteiger partial charge in [-0.15, -0.1) is 6.58 Å². The molecule has 1 aliphatic heterocycles. The second-order valence-electron chi connectivity index (χ2n) is 8.74. The highest BCUT2D eigenvalue weighted by atomic mass is 16.5. The first kappa shape index (κ1) is 23.9. The quantitative estimate of drug-likeness (QED) is 0.292. The van der Waals surface area contributed by atoms with E-state index in [0.717, 1.165) is 12.0 Å². The van der Waals surface area contributed by atoms with Gasteiger partial charge in [0.2, 0.25) is 5.90 Å². The lowest BCUT2D eigenvalue weighted by Crippen LogP contribution is -2.54. The lowest BCUT2D eigenvalue weighted by Gasteiger charge is -2.27. The van der Waals surface area contributed by atoms with Crippen molar-refractivity contribution in [1.82, 2.24) is 10.9 Å². The second-order valence-corrected chi connectivity index (χ2v) is 8.74. The Labute approximate surface area is 179 Å². The third kappa shape index (κ3) is 6.31. The first-order valence-electron chi connectivity index (χ1n) is 10.5. The minimum atomic E-state index is -1.07. The summed E-state index contributed by atoms with van der Waals surface area (Å²) < 4.78 is 11.5. The number of aliphatic imine (C=N–C) groups is 1. The van der Waals surface area contributed by atoms with Crippen molar-refractivity contribution in [2.75, 3.05) is 19.8 Å². The molecule has 1 aliphatic rings. The number of nitrogens with zero attached hydrogens (tertiary/aromatic N) is 1. The molecule has 1 heterocycles. The van der Waals surface area contributed by atoms with E-state index in [4.69, 9.17) is 19.6 Å². The number of carbonyl (C=O) groups excluding carboxylic acids is 1. The smallest absolute Gasteiger partial charge is 0.266 e. The summed E-state index contributed by atoms with van der Waals surface area (Å²) in [6.07, 6.45) is 3.13. The molecule has 0 bridgehead atoms. The lowest BCUT2D eigenvalue weighted by molar-refractivity contribution is -0.129. The van der Waals surface area contributed by atoms with E-state index in [1.54, 1.807) is 6.08 Å². The maximum absolute atomic E-state index is 13.0. The van der Waals surface area contributed by atoms with Gasteiger partial charge < -0.3 is 14.6 Å². The van der Waals surface area contributed by atoms with E-state index in [-0.39, 0.29) is 17.9 Å². The molecule has 2 rings (SSSR count). The monoisotopic (exact) mass is 417 g/mol. The molecule has 0 saturated carbocycles. The summed E-state index contributed by atoms with van der Waals surface area (Å²) in [4.78, 5) is 17.7. The minimum absolute atomic E-state index is 0.0964. The third-order valence-electron chi connectivity index (χ3n) is 4.99. The molecule has 7 nitrogen and oxygen atoms in total. The largest absolute Gasteiger partial charge is 0.494 e. The molecule has 1 aromatic rings. The summed E-state index contributed by atoms with van der Waals surface area (Å²) in [6, 6.07) is 7.35. The van der Waals surface area contributed by atoms with E-state index in [0.29, 0.717) is 37.6 Å². The molecule has 7 heteroatoms. The number of aliphatic hydroxyl groups excluding tert-OH is 1. The SMILES string of the molecule is C=CC[C@]1(C(=O)NNCCC(C)(C)C)N=C(c2ccc(OCCCO)cc2)O[C@H]1C. The highest BCUT2D eigenvalue weighted by Crippen LogP contribution is 2.32. The number of carbonyl (C=O) groups is 1. The molecule has 1 aromatic carbocycles. The number of hydrazine groups is 1.